The first kappa shape index (κ1) is 23.7. The van der Waals surface area contributed by atoms with Crippen molar-refractivity contribution in [1.29, 1.82) is 0 Å². The molecule has 35 heavy (non-hydrogen) atoms. The van der Waals surface area contributed by atoms with Gasteiger partial charge in [0.2, 0.25) is 0 Å². The van der Waals surface area contributed by atoms with Crippen LogP contribution in [0.4, 0.5) is 0 Å². The molecule has 0 atom stereocenters. The van der Waals surface area contributed by atoms with Crippen LogP contribution in [0.15, 0.2) is 77.7 Å². The van der Waals surface area contributed by atoms with Crippen LogP contribution in [0.2, 0.25) is 0 Å². The van der Waals surface area contributed by atoms with Gasteiger partial charge in [-0.1, -0.05) is 66.7 Å². The highest BCUT2D eigenvalue weighted by molar-refractivity contribution is 7.86. The van der Waals surface area contributed by atoms with Gasteiger partial charge in [0.1, 0.15) is 24.6 Å². The topological polar surface area (TPSA) is 80.8 Å². The number of carbonyl (C=O) groups is 2. The summed E-state index contributed by atoms with van der Waals surface area (Å²) in [6.07, 6.45) is 1.98. The third-order valence-corrected chi connectivity index (χ3v) is 9.74. The van der Waals surface area contributed by atoms with Crippen molar-refractivity contribution in [2.45, 2.75) is 30.4 Å². The minimum atomic E-state index is -3.93. The minimum absolute atomic E-state index is 0.129. The molecule has 0 radical (unpaired) electrons. The quantitative estimate of drug-likeness (QED) is 0.285. The van der Waals surface area contributed by atoms with Gasteiger partial charge < -0.3 is 4.74 Å². The number of piperazine rings is 1. The van der Waals surface area contributed by atoms with E-state index in [1.54, 1.807) is 18.2 Å². The predicted molar refractivity (Wildman–Crippen MR) is 132 cm³/mol. The molecule has 7 nitrogen and oxygen atoms in total. The molecule has 1 aliphatic carbocycles. The highest BCUT2D eigenvalue weighted by Gasteiger charge is 2.49. The number of fused-ring (bicyclic) bond motifs is 1. The molecule has 0 spiro atoms. The Kier molecular flexibility index (Phi) is 6.44. The molecule has 2 fully saturated rings. The van der Waals surface area contributed by atoms with E-state index in [2.05, 4.69) is 4.90 Å². The van der Waals surface area contributed by atoms with Crippen LogP contribution in [0.25, 0.3) is 10.8 Å². The average molecular weight is 494 g/mol. The lowest BCUT2D eigenvalue weighted by atomic mass is 9.79. The van der Waals surface area contributed by atoms with E-state index in [0.717, 1.165) is 10.9 Å². The predicted octanol–water partition coefficient (Wildman–Crippen LogP) is 3.34. The zero-order valence-corrected chi connectivity index (χ0v) is 20.3. The first-order valence-electron chi connectivity index (χ1n) is 11.9. The Bertz CT molecular complexity index is 1320. The van der Waals surface area contributed by atoms with E-state index in [1.165, 1.54) is 0 Å². The number of benzene rings is 3. The highest BCUT2D eigenvalue weighted by atomic mass is 32.2. The molecule has 8 heteroatoms. The van der Waals surface area contributed by atoms with E-state index >= 15 is 0 Å². The summed E-state index contributed by atoms with van der Waals surface area (Å²) in [5.74, 6) is -0.311. The Labute approximate surface area is 205 Å². The highest BCUT2D eigenvalue weighted by Crippen LogP contribution is 2.36. The Morgan fingerprint density at radius 2 is 1.60 bits per heavy atom. The molecule has 3 aromatic carbocycles. The van der Waals surface area contributed by atoms with Crippen LogP contribution >= 0.6 is 0 Å². The summed E-state index contributed by atoms with van der Waals surface area (Å²) in [6, 6.07) is 22.3. The normalized spacial score (nSPS) is 22.3. The first-order valence-corrected chi connectivity index (χ1v) is 13.4. The molecule has 1 saturated heterocycles. The summed E-state index contributed by atoms with van der Waals surface area (Å²) in [7, 11) is -3.93. The van der Waals surface area contributed by atoms with Crippen molar-refractivity contribution in [3.8, 4) is 0 Å². The summed E-state index contributed by atoms with van der Waals surface area (Å²) in [5, 5.41) is 1.46. The van der Waals surface area contributed by atoms with Gasteiger partial charge in [-0.3, -0.25) is 9.69 Å². The van der Waals surface area contributed by atoms with Gasteiger partial charge in [0.25, 0.3) is 0 Å². The average Bonchev–Trinajstić information content (AvgIpc) is 2.87. The third-order valence-electron chi connectivity index (χ3n) is 7.42. The Morgan fingerprint density at radius 1 is 0.943 bits per heavy atom. The maximum Gasteiger partial charge on any atom is 0.334 e. The van der Waals surface area contributed by atoms with E-state index in [1.807, 2.05) is 54.6 Å². The maximum absolute atomic E-state index is 13.7. The van der Waals surface area contributed by atoms with Crippen LogP contribution in [-0.4, -0.2) is 61.8 Å². The number of amides is 1. The van der Waals surface area contributed by atoms with Gasteiger partial charge in [0, 0.05) is 24.5 Å². The lowest BCUT2D eigenvalue weighted by molar-refractivity contribution is -0.725. The van der Waals surface area contributed by atoms with Crippen molar-refractivity contribution in [3.63, 3.8) is 0 Å². The minimum Gasteiger partial charge on any atom is -0.461 e. The Hall–Kier alpha value is -3.07. The van der Waals surface area contributed by atoms with Crippen molar-refractivity contribution in [2.75, 3.05) is 26.2 Å². The number of hydrogen-bond donors (Lipinski definition) is 0. The number of sulfonamides is 1. The smallest absolute Gasteiger partial charge is 0.334 e. The summed E-state index contributed by atoms with van der Waals surface area (Å²) >= 11 is 0. The molecule has 5 rings (SSSR count). The molecule has 182 valence electrons. The van der Waals surface area contributed by atoms with Crippen molar-refractivity contribution in [2.24, 2.45) is 5.92 Å². The summed E-state index contributed by atoms with van der Waals surface area (Å²) < 4.78 is 32.3. The zero-order valence-electron chi connectivity index (χ0n) is 19.5. The summed E-state index contributed by atoms with van der Waals surface area (Å²) in [4.78, 5) is 27.0. The van der Waals surface area contributed by atoms with Crippen molar-refractivity contribution < 1.29 is 26.6 Å². The number of ether oxygens (including phenoxy) is 1. The molecule has 3 aromatic rings. The van der Waals surface area contributed by atoms with Crippen molar-refractivity contribution in [1.82, 2.24) is 4.90 Å². The van der Waals surface area contributed by atoms with Gasteiger partial charge >= 0.3 is 22.4 Å². The van der Waals surface area contributed by atoms with Gasteiger partial charge in [-0.15, -0.1) is 0 Å². The lowest BCUT2D eigenvalue weighted by Crippen LogP contribution is -2.64. The van der Waals surface area contributed by atoms with E-state index in [4.69, 9.17) is 4.74 Å². The SMILES string of the molecule is O=C[N+]1(S(=O)(=O)c2cccc3ccccc23)CCN(C2CC(C(=O)OCc3ccccc3)C2)CC1. The van der Waals surface area contributed by atoms with E-state index in [-0.39, 0.29) is 42.5 Å². The molecule has 1 heterocycles. The molecule has 0 aromatic heterocycles. The fourth-order valence-electron chi connectivity index (χ4n) is 5.13. The van der Waals surface area contributed by atoms with Crippen LogP contribution in [-0.2, 0) is 31.0 Å². The largest absolute Gasteiger partial charge is 0.461 e. The zero-order chi connectivity index (χ0) is 24.5. The molecular formula is C27H29N2O5S+. The number of carbonyl (C=O) groups excluding carboxylic acids is 2. The van der Waals surface area contributed by atoms with Gasteiger partial charge in [-0.25, -0.2) is 4.79 Å². The molecule has 0 bridgehead atoms. The van der Waals surface area contributed by atoms with Crippen molar-refractivity contribution in [3.05, 3.63) is 78.4 Å². The van der Waals surface area contributed by atoms with Crippen LogP contribution in [0, 0.1) is 5.92 Å². The summed E-state index contributed by atoms with van der Waals surface area (Å²) in [5.41, 5.74) is 0.961. The fraction of sp³-hybridized carbons (Fsp3) is 0.333. The fourth-order valence-corrected chi connectivity index (χ4v) is 6.99. The first-order chi connectivity index (χ1) is 16.9. The van der Waals surface area contributed by atoms with E-state index in [9.17, 15) is 18.0 Å². The van der Waals surface area contributed by atoms with Gasteiger partial charge in [0.15, 0.2) is 0 Å². The van der Waals surface area contributed by atoms with Gasteiger partial charge in [-0.2, -0.15) is 12.3 Å². The maximum atomic E-state index is 13.7. The second-order valence-corrected chi connectivity index (χ2v) is 11.5. The number of rotatable bonds is 7. The van der Waals surface area contributed by atoms with Gasteiger partial charge in [-0.05, 0) is 29.9 Å². The second kappa shape index (κ2) is 9.53. The third kappa shape index (κ3) is 4.37. The molecular weight excluding hydrogens is 464 g/mol. The standard InChI is InChI=1S/C27H29N2O5S/c30-20-29(35(32,33)26-12-6-10-22-9-4-5-11-25(22)26)15-13-28(14-16-29)24-17-23(18-24)27(31)34-19-21-7-2-1-3-8-21/h1-12,20,23-24H,13-19H2/q+1. The monoisotopic (exact) mass is 493 g/mol. The van der Waals surface area contributed by atoms with E-state index < -0.39 is 13.9 Å². The molecule has 1 amide bonds. The molecule has 2 aliphatic rings. The van der Waals surface area contributed by atoms with Gasteiger partial charge in [0.05, 0.1) is 5.92 Å². The van der Waals surface area contributed by atoms with Crippen LogP contribution < -0.4 is 0 Å². The van der Waals surface area contributed by atoms with Crippen LogP contribution in [0.1, 0.15) is 18.4 Å². The molecule has 1 saturated carbocycles. The number of nitrogens with zero attached hydrogens (tertiary/aromatic N) is 2. The molecule has 1 aliphatic heterocycles. The van der Waals surface area contributed by atoms with E-state index in [0.29, 0.717) is 37.7 Å². The Balaban J connectivity index is 1.21. The Morgan fingerprint density at radius 3 is 2.31 bits per heavy atom. The van der Waals surface area contributed by atoms with Crippen molar-refractivity contribution >= 4 is 33.2 Å². The lowest BCUT2D eigenvalue weighted by Gasteiger charge is -2.46. The number of quaternary nitrogens is 1. The molecule has 0 unspecified atom stereocenters. The van der Waals surface area contributed by atoms with Crippen LogP contribution in [0.5, 0.6) is 0 Å². The number of hydrogen-bond acceptors (Lipinski definition) is 6. The molecule has 0 N–H and O–H groups in total. The van der Waals surface area contributed by atoms with Crippen LogP contribution in [0.3, 0.4) is 0 Å². The number of esters is 1. The summed E-state index contributed by atoms with van der Waals surface area (Å²) in [6.45, 7) is 1.62. The second-order valence-electron chi connectivity index (χ2n) is 9.41.